The molecule has 1 fully saturated rings. The maximum Gasteiger partial charge on any atom is 0.356 e. The molecule has 0 bridgehead atoms. The number of para-hydroxylation sites is 1. The lowest BCUT2D eigenvalue weighted by molar-refractivity contribution is 0.0538. The first-order valence-corrected chi connectivity index (χ1v) is 9.77. The fourth-order valence-corrected chi connectivity index (χ4v) is 4.36. The number of anilines is 1. The van der Waals surface area contributed by atoms with Gasteiger partial charge in [0.2, 0.25) is 0 Å². The second kappa shape index (κ2) is 7.51. The third-order valence-corrected chi connectivity index (χ3v) is 5.68. The van der Waals surface area contributed by atoms with E-state index in [0.717, 1.165) is 11.3 Å². The van der Waals surface area contributed by atoms with Crippen LogP contribution in [-0.2, 0) is 9.47 Å². The Morgan fingerprint density at radius 1 is 1.21 bits per heavy atom. The zero-order chi connectivity index (χ0) is 20.6. The zero-order valence-corrected chi connectivity index (χ0v) is 17.0. The third-order valence-electron chi connectivity index (χ3n) is 5.68. The van der Waals surface area contributed by atoms with Gasteiger partial charge in [-0.25, -0.2) is 14.6 Å². The summed E-state index contributed by atoms with van der Waals surface area (Å²) in [5.41, 5.74) is 1.89. The smallest absolute Gasteiger partial charge is 0.356 e. The molecule has 1 atom stereocenters. The first-order chi connectivity index (χ1) is 13.9. The van der Waals surface area contributed by atoms with Crippen molar-refractivity contribution in [3.63, 3.8) is 0 Å². The molecule has 1 aromatic heterocycles. The van der Waals surface area contributed by atoms with Crippen LogP contribution in [0.15, 0.2) is 36.8 Å². The number of urea groups is 1. The van der Waals surface area contributed by atoms with E-state index in [-0.39, 0.29) is 17.5 Å². The molecular formula is C21H26N4O4. The standard InChI is InChI=1S/C21H26N4O4/c1-21(2)13-24(20(27)23-8-10-29-11-9-23)16-7-5-4-6-15(16)18(21)25-14-22-12-17(25)19(26)28-3/h4-7,12,14,18H,8-11,13H2,1-3H3. The Morgan fingerprint density at radius 2 is 1.93 bits per heavy atom. The van der Waals surface area contributed by atoms with Gasteiger partial charge in [0.1, 0.15) is 5.69 Å². The Hall–Kier alpha value is -2.87. The van der Waals surface area contributed by atoms with Gasteiger partial charge in [-0.15, -0.1) is 0 Å². The normalized spacial score (nSPS) is 20.9. The minimum absolute atomic E-state index is 0.00824. The molecule has 2 aliphatic heterocycles. The number of carbonyl (C=O) groups excluding carboxylic acids is 2. The number of rotatable bonds is 2. The number of hydrogen-bond acceptors (Lipinski definition) is 5. The SMILES string of the molecule is COC(=O)c1cncn1C1c2ccccc2N(C(=O)N2CCOCC2)CC1(C)C. The summed E-state index contributed by atoms with van der Waals surface area (Å²) in [6.45, 7) is 7.03. The van der Waals surface area contributed by atoms with Crippen LogP contribution in [0.2, 0.25) is 0 Å². The summed E-state index contributed by atoms with van der Waals surface area (Å²) >= 11 is 0. The molecule has 154 valence electrons. The molecule has 0 spiro atoms. The number of methoxy groups -OCH3 is 1. The van der Waals surface area contributed by atoms with Crippen molar-refractivity contribution in [3.8, 4) is 0 Å². The summed E-state index contributed by atoms with van der Waals surface area (Å²) in [5.74, 6) is -0.428. The van der Waals surface area contributed by atoms with E-state index >= 15 is 0 Å². The molecular weight excluding hydrogens is 372 g/mol. The fraction of sp³-hybridized carbons (Fsp3) is 0.476. The lowest BCUT2D eigenvalue weighted by atomic mass is 9.76. The number of amides is 2. The summed E-state index contributed by atoms with van der Waals surface area (Å²) in [7, 11) is 1.36. The van der Waals surface area contributed by atoms with Crippen LogP contribution in [0.4, 0.5) is 10.5 Å². The van der Waals surface area contributed by atoms with Crippen molar-refractivity contribution in [2.75, 3.05) is 44.9 Å². The Morgan fingerprint density at radius 3 is 2.66 bits per heavy atom. The number of fused-ring (bicyclic) bond motifs is 1. The zero-order valence-electron chi connectivity index (χ0n) is 17.0. The van der Waals surface area contributed by atoms with Gasteiger partial charge in [0, 0.05) is 25.0 Å². The Labute approximate surface area is 170 Å². The highest BCUT2D eigenvalue weighted by Gasteiger charge is 2.44. The predicted octanol–water partition coefficient (Wildman–Crippen LogP) is 2.56. The van der Waals surface area contributed by atoms with Crippen molar-refractivity contribution in [3.05, 3.63) is 48.0 Å². The van der Waals surface area contributed by atoms with Gasteiger partial charge in [0.05, 0.1) is 44.6 Å². The lowest BCUT2D eigenvalue weighted by Gasteiger charge is -2.47. The highest BCUT2D eigenvalue weighted by Crippen LogP contribution is 2.47. The topological polar surface area (TPSA) is 76.9 Å². The van der Waals surface area contributed by atoms with Gasteiger partial charge in [-0.05, 0) is 11.6 Å². The molecule has 0 aliphatic carbocycles. The summed E-state index contributed by atoms with van der Waals surface area (Å²) < 4.78 is 12.2. The van der Waals surface area contributed by atoms with E-state index in [9.17, 15) is 9.59 Å². The van der Waals surface area contributed by atoms with Crippen LogP contribution in [0, 0.1) is 5.41 Å². The number of hydrogen-bond donors (Lipinski definition) is 0. The van der Waals surface area contributed by atoms with Crippen molar-refractivity contribution in [1.29, 1.82) is 0 Å². The second-order valence-electron chi connectivity index (χ2n) is 8.10. The number of benzene rings is 1. The van der Waals surface area contributed by atoms with Gasteiger partial charge < -0.3 is 18.9 Å². The summed E-state index contributed by atoms with van der Waals surface area (Å²) in [4.78, 5) is 33.5. The van der Waals surface area contributed by atoms with E-state index in [1.165, 1.54) is 13.3 Å². The van der Waals surface area contributed by atoms with Gasteiger partial charge in [0.15, 0.2) is 0 Å². The van der Waals surface area contributed by atoms with E-state index in [1.54, 1.807) is 6.33 Å². The average molecular weight is 398 g/mol. The number of ether oxygens (including phenoxy) is 2. The van der Waals surface area contributed by atoms with Gasteiger partial charge in [-0.1, -0.05) is 32.0 Å². The molecule has 8 heteroatoms. The maximum atomic E-state index is 13.3. The number of imidazole rings is 1. The third kappa shape index (κ3) is 3.37. The Bertz CT molecular complexity index is 917. The predicted molar refractivity (Wildman–Crippen MR) is 107 cm³/mol. The second-order valence-corrected chi connectivity index (χ2v) is 8.10. The summed E-state index contributed by atoms with van der Waals surface area (Å²) in [6.07, 6.45) is 3.19. The van der Waals surface area contributed by atoms with Crippen LogP contribution < -0.4 is 4.90 Å². The van der Waals surface area contributed by atoms with Crippen LogP contribution >= 0.6 is 0 Å². The molecule has 0 radical (unpaired) electrons. The van der Waals surface area contributed by atoms with E-state index in [4.69, 9.17) is 9.47 Å². The van der Waals surface area contributed by atoms with Crippen molar-refractivity contribution in [1.82, 2.24) is 14.5 Å². The van der Waals surface area contributed by atoms with Crippen LogP contribution in [0.25, 0.3) is 0 Å². The molecule has 1 unspecified atom stereocenters. The van der Waals surface area contributed by atoms with Gasteiger partial charge in [-0.3, -0.25) is 4.90 Å². The van der Waals surface area contributed by atoms with Crippen molar-refractivity contribution in [2.24, 2.45) is 5.41 Å². The molecule has 0 N–H and O–H groups in total. The largest absolute Gasteiger partial charge is 0.464 e. The Balaban J connectivity index is 1.78. The minimum atomic E-state index is -0.428. The molecule has 4 rings (SSSR count). The first-order valence-electron chi connectivity index (χ1n) is 9.77. The van der Waals surface area contributed by atoms with E-state index in [0.29, 0.717) is 38.5 Å². The summed E-state index contributed by atoms with van der Waals surface area (Å²) in [5, 5.41) is 0. The van der Waals surface area contributed by atoms with Crippen LogP contribution in [0.3, 0.4) is 0 Å². The van der Waals surface area contributed by atoms with Crippen LogP contribution in [0.5, 0.6) is 0 Å². The number of morpholine rings is 1. The van der Waals surface area contributed by atoms with E-state index in [1.807, 2.05) is 38.6 Å². The van der Waals surface area contributed by atoms with Gasteiger partial charge in [-0.2, -0.15) is 0 Å². The quantitative estimate of drug-likeness (QED) is 0.727. The average Bonchev–Trinajstić information content (AvgIpc) is 3.21. The molecule has 2 aliphatic rings. The minimum Gasteiger partial charge on any atom is -0.464 e. The fourth-order valence-electron chi connectivity index (χ4n) is 4.36. The van der Waals surface area contributed by atoms with Crippen LogP contribution in [-0.4, -0.2) is 66.4 Å². The Kier molecular flexibility index (Phi) is 5.04. The van der Waals surface area contributed by atoms with Crippen molar-refractivity contribution in [2.45, 2.75) is 19.9 Å². The van der Waals surface area contributed by atoms with Gasteiger partial charge in [0.25, 0.3) is 0 Å². The van der Waals surface area contributed by atoms with E-state index < -0.39 is 5.97 Å². The van der Waals surface area contributed by atoms with Crippen LogP contribution in [0.1, 0.15) is 35.9 Å². The number of nitrogens with zero attached hydrogens (tertiary/aromatic N) is 4. The molecule has 8 nitrogen and oxygen atoms in total. The molecule has 3 heterocycles. The number of aromatic nitrogens is 2. The van der Waals surface area contributed by atoms with Gasteiger partial charge >= 0.3 is 12.0 Å². The van der Waals surface area contributed by atoms with E-state index in [2.05, 4.69) is 18.8 Å². The highest BCUT2D eigenvalue weighted by molar-refractivity contribution is 5.94. The summed E-state index contributed by atoms with van der Waals surface area (Å²) in [6, 6.07) is 7.70. The molecule has 1 saturated heterocycles. The monoisotopic (exact) mass is 398 g/mol. The molecule has 29 heavy (non-hydrogen) atoms. The lowest BCUT2D eigenvalue weighted by Crippen LogP contribution is -2.54. The first kappa shape index (κ1) is 19.4. The molecule has 0 saturated carbocycles. The maximum absolute atomic E-state index is 13.3. The molecule has 1 aromatic carbocycles. The number of esters is 1. The molecule has 2 amide bonds. The highest BCUT2D eigenvalue weighted by atomic mass is 16.5. The van der Waals surface area contributed by atoms with Crippen molar-refractivity contribution < 1.29 is 19.1 Å². The van der Waals surface area contributed by atoms with Crippen molar-refractivity contribution >= 4 is 17.7 Å². The molecule has 2 aromatic rings. The number of carbonyl (C=O) groups is 2.